The molecule has 98 valence electrons. The maximum atomic E-state index is 5.64. The van der Waals surface area contributed by atoms with Crippen molar-refractivity contribution in [1.29, 1.82) is 0 Å². The van der Waals surface area contributed by atoms with Gasteiger partial charge in [-0.05, 0) is 12.1 Å². The average molecular weight is 276 g/mol. The highest BCUT2D eigenvalue weighted by Gasteiger charge is 2.18. The fourth-order valence-corrected chi connectivity index (χ4v) is 2.66. The highest BCUT2D eigenvalue weighted by molar-refractivity contribution is 7.16. The summed E-state index contributed by atoms with van der Waals surface area (Å²) in [6.45, 7) is 0.378. The van der Waals surface area contributed by atoms with Gasteiger partial charge in [0.05, 0.1) is 0 Å². The van der Waals surface area contributed by atoms with Crippen LogP contribution in [0.5, 0.6) is 0 Å². The van der Waals surface area contributed by atoms with E-state index >= 15 is 0 Å². The molecule has 0 saturated heterocycles. The zero-order chi connectivity index (χ0) is 13.2. The molecule has 0 spiro atoms. The number of methoxy groups -OCH3 is 1. The fraction of sp³-hybridized carbons (Fsp3) is 0.273. The Kier molecular flexibility index (Phi) is 3.20. The van der Waals surface area contributed by atoms with Gasteiger partial charge in [0.1, 0.15) is 11.1 Å². The van der Waals surface area contributed by atoms with Crippen LogP contribution in [0.25, 0.3) is 16.3 Å². The lowest BCUT2D eigenvalue weighted by Gasteiger charge is -2.07. The SMILES string of the molecule is COC(CN)c1nn2c(-c3cccnc3)nnc2s1. The number of aromatic nitrogens is 5. The Balaban J connectivity index is 2.08. The molecule has 8 heteroatoms. The first kappa shape index (κ1) is 12.2. The summed E-state index contributed by atoms with van der Waals surface area (Å²) < 4.78 is 6.97. The zero-order valence-corrected chi connectivity index (χ0v) is 11.0. The van der Waals surface area contributed by atoms with Gasteiger partial charge in [0.2, 0.25) is 4.96 Å². The summed E-state index contributed by atoms with van der Waals surface area (Å²) in [6, 6.07) is 3.76. The smallest absolute Gasteiger partial charge is 0.235 e. The van der Waals surface area contributed by atoms with Crippen molar-refractivity contribution in [2.45, 2.75) is 6.10 Å². The van der Waals surface area contributed by atoms with E-state index in [1.54, 1.807) is 24.0 Å². The molecule has 2 N–H and O–H groups in total. The zero-order valence-electron chi connectivity index (χ0n) is 10.2. The van der Waals surface area contributed by atoms with Gasteiger partial charge in [0, 0.05) is 31.6 Å². The summed E-state index contributed by atoms with van der Waals surface area (Å²) in [5.74, 6) is 0.664. The van der Waals surface area contributed by atoms with Crippen LogP contribution in [0.15, 0.2) is 24.5 Å². The van der Waals surface area contributed by atoms with Crippen LogP contribution in [0.1, 0.15) is 11.1 Å². The van der Waals surface area contributed by atoms with Crippen LogP contribution in [0.2, 0.25) is 0 Å². The van der Waals surface area contributed by atoms with Crippen molar-refractivity contribution in [3.8, 4) is 11.4 Å². The minimum atomic E-state index is -0.214. The standard InChI is InChI=1S/C11H12N6OS/c1-18-8(5-12)10-16-17-9(14-15-11(17)19-10)7-3-2-4-13-6-7/h2-4,6,8H,5,12H2,1H3. The molecule has 0 amide bonds. The van der Waals surface area contributed by atoms with Gasteiger partial charge >= 0.3 is 0 Å². The number of ether oxygens (including phenoxy) is 1. The number of rotatable bonds is 4. The van der Waals surface area contributed by atoms with Crippen LogP contribution in [0, 0.1) is 0 Å². The highest BCUT2D eigenvalue weighted by atomic mass is 32.1. The third-order valence-electron chi connectivity index (χ3n) is 2.70. The lowest BCUT2D eigenvalue weighted by molar-refractivity contribution is 0.109. The summed E-state index contributed by atoms with van der Waals surface area (Å²) in [7, 11) is 1.61. The molecule has 7 nitrogen and oxygen atoms in total. The number of hydrogen-bond donors (Lipinski definition) is 1. The molecule has 19 heavy (non-hydrogen) atoms. The number of pyridine rings is 1. The van der Waals surface area contributed by atoms with E-state index in [4.69, 9.17) is 10.5 Å². The predicted molar refractivity (Wildman–Crippen MR) is 70.7 cm³/mol. The van der Waals surface area contributed by atoms with E-state index in [0.29, 0.717) is 17.3 Å². The van der Waals surface area contributed by atoms with E-state index in [-0.39, 0.29) is 6.10 Å². The molecular weight excluding hydrogens is 264 g/mol. The first-order valence-electron chi connectivity index (χ1n) is 5.69. The molecule has 0 fully saturated rings. The summed E-state index contributed by atoms with van der Waals surface area (Å²) in [5.41, 5.74) is 6.51. The largest absolute Gasteiger partial charge is 0.373 e. The quantitative estimate of drug-likeness (QED) is 0.761. The van der Waals surface area contributed by atoms with Crippen molar-refractivity contribution in [2.24, 2.45) is 5.73 Å². The maximum absolute atomic E-state index is 5.64. The first-order chi connectivity index (χ1) is 9.33. The van der Waals surface area contributed by atoms with Gasteiger partial charge in [-0.3, -0.25) is 4.98 Å². The van der Waals surface area contributed by atoms with Crippen molar-refractivity contribution in [3.63, 3.8) is 0 Å². The molecular formula is C11H12N6OS. The van der Waals surface area contributed by atoms with Crippen LogP contribution < -0.4 is 5.73 Å². The molecule has 1 unspecified atom stereocenters. The molecule has 0 saturated carbocycles. The summed E-state index contributed by atoms with van der Waals surface area (Å²) in [5, 5.41) is 13.5. The summed E-state index contributed by atoms with van der Waals surface area (Å²) in [4.78, 5) is 4.78. The van der Waals surface area contributed by atoms with Crippen LogP contribution >= 0.6 is 11.3 Å². The van der Waals surface area contributed by atoms with Gasteiger partial charge in [-0.1, -0.05) is 11.3 Å². The third-order valence-corrected chi connectivity index (χ3v) is 3.69. The minimum absolute atomic E-state index is 0.214. The Labute approximate surface area is 113 Å². The van der Waals surface area contributed by atoms with Crippen LogP contribution in [0.3, 0.4) is 0 Å². The number of hydrogen-bond acceptors (Lipinski definition) is 7. The van der Waals surface area contributed by atoms with Gasteiger partial charge in [-0.25, -0.2) is 0 Å². The second-order valence-electron chi connectivity index (χ2n) is 3.86. The van der Waals surface area contributed by atoms with E-state index in [9.17, 15) is 0 Å². The van der Waals surface area contributed by atoms with Crippen LogP contribution in [-0.4, -0.2) is 38.4 Å². The lowest BCUT2D eigenvalue weighted by Crippen LogP contribution is -2.14. The number of nitrogens with zero attached hydrogens (tertiary/aromatic N) is 5. The van der Waals surface area contributed by atoms with Gasteiger partial charge in [0.25, 0.3) is 0 Å². The van der Waals surface area contributed by atoms with Crippen LogP contribution in [-0.2, 0) is 4.74 Å². The Morgan fingerprint density at radius 1 is 1.47 bits per heavy atom. The van der Waals surface area contributed by atoms with Crippen molar-refractivity contribution in [1.82, 2.24) is 24.8 Å². The minimum Gasteiger partial charge on any atom is -0.373 e. The van der Waals surface area contributed by atoms with E-state index in [1.165, 1.54) is 11.3 Å². The fourth-order valence-electron chi connectivity index (χ4n) is 1.73. The van der Waals surface area contributed by atoms with E-state index in [1.807, 2.05) is 12.1 Å². The second kappa shape index (κ2) is 5.00. The molecule has 0 radical (unpaired) electrons. The highest BCUT2D eigenvalue weighted by Crippen LogP contribution is 2.25. The lowest BCUT2D eigenvalue weighted by atomic mass is 10.3. The molecule has 1 atom stereocenters. The molecule has 0 aliphatic rings. The molecule has 3 rings (SSSR count). The van der Waals surface area contributed by atoms with Gasteiger partial charge in [-0.15, -0.1) is 10.2 Å². The van der Waals surface area contributed by atoms with E-state index in [0.717, 1.165) is 10.6 Å². The summed E-state index contributed by atoms with van der Waals surface area (Å²) >= 11 is 1.42. The normalized spacial score (nSPS) is 12.9. The third kappa shape index (κ3) is 2.09. The molecule has 3 aromatic rings. The average Bonchev–Trinajstić information content (AvgIpc) is 3.01. The Bertz CT molecular complexity index is 675. The van der Waals surface area contributed by atoms with Crippen LogP contribution in [0.4, 0.5) is 0 Å². The molecule has 0 aliphatic carbocycles. The Hall–Kier alpha value is -1.90. The van der Waals surface area contributed by atoms with Crippen molar-refractivity contribution in [2.75, 3.05) is 13.7 Å². The molecule has 3 aromatic heterocycles. The Morgan fingerprint density at radius 2 is 2.37 bits per heavy atom. The van der Waals surface area contributed by atoms with Gasteiger partial charge < -0.3 is 10.5 Å². The number of fused-ring (bicyclic) bond motifs is 1. The van der Waals surface area contributed by atoms with Crippen molar-refractivity contribution < 1.29 is 4.74 Å². The summed E-state index contributed by atoms with van der Waals surface area (Å²) in [6.07, 6.45) is 3.23. The topological polar surface area (TPSA) is 91.2 Å². The van der Waals surface area contributed by atoms with E-state index in [2.05, 4.69) is 20.3 Å². The maximum Gasteiger partial charge on any atom is 0.235 e. The van der Waals surface area contributed by atoms with Crippen molar-refractivity contribution in [3.05, 3.63) is 29.5 Å². The molecule has 0 aliphatic heterocycles. The number of nitrogens with two attached hydrogens (primary N) is 1. The molecule has 3 heterocycles. The van der Waals surface area contributed by atoms with E-state index < -0.39 is 0 Å². The predicted octanol–water partition coefficient (Wildman–Crippen LogP) is 0.894. The van der Waals surface area contributed by atoms with Crippen molar-refractivity contribution >= 4 is 16.3 Å². The molecule has 0 bridgehead atoms. The monoisotopic (exact) mass is 276 g/mol. The Morgan fingerprint density at radius 3 is 3.05 bits per heavy atom. The van der Waals surface area contributed by atoms with Gasteiger partial charge in [-0.2, -0.15) is 9.61 Å². The van der Waals surface area contributed by atoms with Gasteiger partial charge in [0.15, 0.2) is 5.82 Å². The second-order valence-corrected chi connectivity index (χ2v) is 4.85. The molecule has 0 aromatic carbocycles. The first-order valence-corrected chi connectivity index (χ1v) is 6.50.